The van der Waals surface area contributed by atoms with Gasteiger partial charge in [-0.25, -0.2) is 8.78 Å². The summed E-state index contributed by atoms with van der Waals surface area (Å²) < 4.78 is 33.2. The van der Waals surface area contributed by atoms with Crippen LogP contribution >= 0.6 is 0 Å². The van der Waals surface area contributed by atoms with Crippen molar-refractivity contribution >= 4 is 8.32 Å². The average molecular weight is 409 g/mol. The second-order valence-corrected chi connectivity index (χ2v) is 13.4. The maximum Gasteiger partial charge on any atom is 0.192 e. The molecule has 1 aliphatic heterocycles. The molecular formula is C24H38F2OSi. The highest BCUT2D eigenvalue weighted by Crippen LogP contribution is 2.46. The molecule has 1 saturated heterocycles. The fourth-order valence-electron chi connectivity index (χ4n) is 5.80. The molecule has 158 valence electrons. The van der Waals surface area contributed by atoms with E-state index in [1.54, 1.807) is 6.07 Å². The van der Waals surface area contributed by atoms with E-state index >= 15 is 0 Å². The van der Waals surface area contributed by atoms with Gasteiger partial charge in [0.05, 0.1) is 0 Å². The Hall–Kier alpha value is -0.743. The first-order chi connectivity index (χ1) is 13.6. The number of unbranched alkanes of at least 4 members (excludes halogenated alkanes) is 2. The fourth-order valence-corrected chi connectivity index (χ4v) is 10.3. The first-order valence-corrected chi connectivity index (χ1v) is 14.2. The molecule has 1 saturated carbocycles. The molecule has 1 aromatic rings. The molecule has 1 nitrogen and oxygen atoms in total. The molecular weight excluding hydrogens is 370 g/mol. The second-order valence-electron chi connectivity index (χ2n) is 9.20. The number of hydrogen-bond donors (Lipinski definition) is 0. The number of rotatable bonds is 8. The second kappa shape index (κ2) is 10.3. The van der Waals surface area contributed by atoms with E-state index in [0.29, 0.717) is 5.92 Å². The molecule has 0 radical (unpaired) electrons. The largest absolute Gasteiger partial charge is 0.417 e. The molecule has 0 spiro atoms. The molecule has 28 heavy (non-hydrogen) atoms. The Morgan fingerprint density at radius 1 is 0.893 bits per heavy atom. The highest BCUT2D eigenvalue weighted by atomic mass is 28.4. The van der Waals surface area contributed by atoms with Gasteiger partial charge in [0.2, 0.25) is 0 Å². The van der Waals surface area contributed by atoms with Gasteiger partial charge in [0.25, 0.3) is 0 Å². The summed E-state index contributed by atoms with van der Waals surface area (Å²) in [6, 6.07) is 8.57. The van der Waals surface area contributed by atoms with Crippen LogP contribution in [0.15, 0.2) is 18.2 Å². The summed E-state index contributed by atoms with van der Waals surface area (Å²) >= 11 is 0. The van der Waals surface area contributed by atoms with Gasteiger partial charge in [-0.3, -0.25) is 0 Å². The van der Waals surface area contributed by atoms with Gasteiger partial charge in [-0.1, -0.05) is 45.1 Å². The predicted molar refractivity (Wildman–Crippen MR) is 115 cm³/mol. The zero-order valence-corrected chi connectivity index (χ0v) is 18.8. The lowest BCUT2D eigenvalue weighted by Gasteiger charge is -2.42. The Kier molecular flexibility index (Phi) is 8.10. The average Bonchev–Trinajstić information content (AvgIpc) is 2.71. The lowest BCUT2D eigenvalue weighted by atomic mass is 9.72. The van der Waals surface area contributed by atoms with Gasteiger partial charge < -0.3 is 4.43 Å². The molecule has 0 aromatic heterocycles. The van der Waals surface area contributed by atoms with Crippen molar-refractivity contribution in [1.82, 2.24) is 0 Å². The van der Waals surface area contributed by atoms with Gasteiger partial charge in [0.15, 0.2) is 20.0 Å². The van der Waals surface area contributed by atoms with Crippen LogP contribution in [0.5, 0.6) is 0 Å². The predicted octanol–water partition coefficient (Wildman–Crippen LogP) is 7.82. The van der Waals surface area contributed by atoms with Gasteiger partial charge in [-0.05, 0) is 86.2 Å². The lowest BCUT2D eigenvalue weighted by Crippen LogP contribution is -2.43. The Morgan fingerprint density at radius 2 is 1.57 bits per heavy atom. The van der Waals surface area contributed by atoms with E-state index in [9.17, 15) is 8.78 Å². The van der Waals surface area contributed by atoms with Crippen molar-refractivity contribution in [3.63, 3.8) is 0 Å². The van der Waals surface area contributed by atoms with Gasteiger partial charge in [0, 0.05) is 6.61 Å². The molecule has 0 N–H and O–H groups in total. The van der Waals surface area contributed by atoms with Crippen molar-refractivity contribution in [2.75, 3.05) is 6.61 Å². The van der Waals surface area contributed by atoms with E-state index in [1.165, 1.54) is 75.2 Å². The minimum atomic E-state index is -1.48. The molecule has 0 atom stereocenters. The minimum absolute atomic E-state index is 0.404. The van der Waals surface area contributed by atoms with Crippen LogP contribution in [0.3, 0.4) is 0 Å². The Labute approximate surface area is 171 Å². The third-order valence-corrected chi connectivity index (χ3v) is 12.0. The Bertz CT molecular complexity index is 605. The summed E-state index contributed by atoms with van der Waals surface area (Å²) in [5.41, 5.74) is 0.986. The summed E-state index contributed by atoms with van der Waals surface area (Å²) in [6.07, 6.45) is 11.4. The normalized spacial score (nSPS) is 31.1. The lowest BCUT2D eigenvalue weighted by molar-refractivity contribution is 0.202. The molecule has 0 bridgehead atoms. The van der Waals surface area contributed by atoms with E-state index in [2.05, 4.69) is 13.8 Å². The smallest absolute Gasteiger partial charge is 0.192 e. The fraction of sp³-hybridized carbons (Fsp3) is 0.750. The number of benzene rings is 1. The van der Waals surface area contributed by atoms with Gasteiger partial charge >= 0.3 is 0 Å². The van der Waals surface area contributed by atoms with Crippen LogP contribution in [0.2, 0.25) is 18.1 Å². The number of hydrogen-bond acceptors (Lipinski definition) is 1. The molecule has 1 aromatic carbocycles. The summed E-state index contributed by atoms with van der Waals surface area (Å²) in [5, 5.41) is 0. The van der Waals surface area contributed by atoms with Crippen molar-refractivity contribution in [1.29, 1.82) is 0 Å². The zero-order valence-electron chi connectivity index (χ0n) is 17.8. The van der Waals surface area contributed by atoms with Crippen molar-refractivity contribution in [2.24, 2.45) is 11.8 Å². The van der Waals surface area contributed by atoms with E-state index in [0.717, 1.165) is 36.8 Å². The van der Waals surface area contributed by atoms with E-state index < -0.39 is 20.0 Å². The van der Waals surface area contributed by atoms with Crippen LogP contribution in [0.1, 0.15) is 83.1 Å². The van der Waals surface area contributed by atoms with Crippen LogP contribution in [0, 0.1) is 23.5 Å². The topological polar surface area (TPSA) is 9.23 Å². The molecule has 2 aliphatic rings. The summed E-state index contributed by atoms with van der Waals surface area (Å²) in [7, 11) is -1.48. The molecule has 2 fully saturated rings. The SMILES string of the molecule is CCCCC[Si]1(OCC)CCC([C@H]2CC[C@H](c3ccc(F)c(F)c3)CC2)CC1. The molecule has 1 aliphatic carbocycles. The van der Waals surface area contributed by atoms with Crippen molar-refractivity contribution in [3.05, 3.63) is 35.4 Å². The highest BCUT2D eigenvalue weighted by Gasteiger charge is 2.41. The van der Waals surface area contributed by atoms with Crippen LogP contribution in [-0.4, -0.2) is 14.9 Å². The maximum atomic E-state index is 13.6. The van der Waals surface area contributed by atoms with E-state index in [1.807, 2.05) is 0 Å². The molecule has 0 amide bonds. The molecule has 3 rings (SSSR count). The van der Waals surface area contributed by atoms with Crippen LogP contribution in [0.25, 0.3) is 0 Å². The minimum Gasteiger partial charge on any atom is -0.417 e. The van der Waals surface area contributed by atoms with Crippen molar-refractivity contribution in [2.45, 2.75) is 95.7 Å². The molecule has 4 heteroatoms. The van der Waals surface area contributed by atoms with Crippen LogP contribution in [-0.2, 0) is 4.43 Å². The summed E-state index contributed by atoms with van der Waals surface area (Å²) in [6.45, 7) is 5.34. The summed E-state index contributed by atoms with van der Waals surface area (Å²) in [5.74, 6) is 0.651. The number of halogens is 2. The molecule has 0 unspecified atom stereocenters. The summed E-state index contributed by atoms with van der Waals surface area (Å²) in [4.78, 5) is 0. The zero-order chi connectivity index (χ0) is 20.0. The van der Waals surface area contributed by atoms with Gasteiger partial charge in [-0.15, -0.1) is 0 Å². The van der Waals surface area contributed by atoms with Crippen molar-refractivity contribution < 1.29 is 13.2 Å². The van der Waals surface area contributed by atoms with Gasteiger partial charge in [0.1, 0.15) is 0 Å². The quantitative estimate of drug-likeness (QED) is 0.315. The first kappa shape index (κ1) is 22.0. The van der Waals surface area contributed by atoms with Crippen LogP contribution < -0.4 is 0 Å². The Morgan fingerprint density at radius 3 is 2.18 bits per heavy atom. The maximum absolute atomic E-state index is 13.6. The molecule has 1 heterocycles. The third-order valence-electron chi connectivity index (χ3n) is 7.48. The first-order valence-electron chi connectivity index (χ1n) is 11.7. The third kappa shape index (κ3) is 5.44. The van der Waals surface area contributed by atoms with E-state index in [4.69, 9.17) is 4.43 Å². The van der Waals surface area contributed by atoms with Gasteiger partial charge in [-0.2, -0.15) is 0 Å². The van der Waals surface area contributed by atoms with E-state index in [-0.39, 0.29) is 0 Å². The monoisotopic (exact) mass is 408 g/mol. The Balaban J connectivity index is 1.49. The highest BCUT2D eigenvalue weighted by molar-refractivity contribution is 6.74. The standard InChI is InChI=1S/C24H38F2OSi/c1-3-5-6-15-28(27-4-2)16-13-21(14-17-28)19-7-9-20(10-8-19)22-11-12-23(25)24(26)18-22/h11-12,18-21H,3-10,13-17H2,1-2H3/t19-,20-,21?,28?. The van der Waals surface area contributed by atoms with Crippen LogP contribution in [0.4, 0.5) is 8.78 Å². The van der Waals surface area contributed by atoms with Crippen molar-refractivity contribution in [3.8, 4) is 0 Å².